The van der Waals surface area contributed by atoms with Crippen molar-refractivity contribution < 1.29 is 56.4 Å². The number of halogens is 5. The number of piperidine rings is 2. The van der Waals surface area contributed by atoms with Crippen molar-refractivity contribution in [1.29, 1.82) is 0 Å². The highest BCUT2D eigenvalue weighted by atomic mass is 35.5. The van der Waals surface area contributed by atoms with Crippen molar-refractivity contribution in [3.63, 3.8) is 0 Å². The van der Waals surface area contributed by atoms with Crippen molar-refractivity contribution >= 4 is 52.1 Å². The van der Waals surface area contributed by atoms with Gasteiger partial charge in [-0.2, -0.15) is 5.10 Å². The number of carbonyl (C=O) groups excluding carboxylic acids is 4. The number of aliphatic hydroxyl groups is 2. The Bertz CT molecular complexity index is 3090. The number of imide groups is 1. The van der Waals surface area contributed by atoms with Crippen molar-refractivity contribution in [3.8, 4) is 22.6 Å². The Labute approximate surface area is 447 Å². The van der Waals surface area contributed by atoms with Crippen LogP contribution in [0, 0.1) is 35.1 Å². The molecular weight excluding hydrogens is 1020 g/mol. The molecule has 1 aliphatic carbocycles. The summed E-state index contributed by atoms with van der Waals surface area (Å²) in [5.74, 6) is -5.44. The molecule has 4 aromatic carbocycles. The van der Waals surface area contributed by atoms with Gasteiger partial charge in [-0.15, -0.1) is 0 Å². The summed E-state index contributed by atoms with van der Waals surface area (Å²) in [4.78, 5) is 56.7. The number of anilines is 1. The third-order valence-electron chi connectivity index (χ3n) is 16.7. The number of nitrogens with zero attached hydrogens (tertiary/aromatic N) is 5. The predicted molar refractivity (Wildman–Crippen MR) is 279 cm³/mol. The molecule has 3 saturated heterocycles. The van der Waals surface area contributed by atoms with Gasteiger partial charge in [-0.1, -0.05) is 48.9 Å². The Morgan fingerprint density at radius 1 is 0.922 bits per heavy atom. The number of aryl methyl sites for hydroxylation is 1. The number of hydrogen-bond acceptors (Lipinski definition) is 11. The molecule has 3 atom stereocenters. The van der Waals surface area contributed by atoms with Crippen LogP contribution in [0.1, 0.15) is 104 Å². The van der Waals surface area contributed by atoms with Crippen molar-refractivity contribution in [3.05, 3.63) is 105 Å². The third-order valence-corrected chi connectivity index (χ3v) is 17.1. The maximum Gasteiger partial charge on any atom is 0.329 e. The Kier molecular flexibility index (Phi) is 15.6. The van der Waals surface area contributed by atoms with Crippen LogP contribution < -0.4 is 30.7 Å². The van der Waals surface area contributed by atoms with Gasteiger partial charge < -0.3 is 40.5 Å². The Morgan fingerprint density at radius 3 is 2.31 bits per heavy atom. The lowest BCUT2D eigenvalue weighted by Gasteiger charge is -2.40. The molecule has 1 aromatic heterocycles. The molecule has 1 saturated carbocycles. The van der Waals surface area contributed by atoms with Gasteiger partial charge in [0.05, 0.1) is 22.6 Å². The lowest BCUT2D eigenvalue weighted by molar-refractivity contribution is -0.138. The van der Waals surface area contributed by atoms with Crippen LogP contribution >= 0.6 is 11.6 Å². The van der Waals surface area contributed by atoms with E-state index in [2.05, 4.69) is 20.6 Å². The van der Waals surface area contributed by atoms with Gasteiger partial charge in [0.1, 0.15) is 35.6 Å². The summed E-state index contributed by atoms with van der Waals surface area (Å²) in [7, 11) is 1.55. The standard InChI is InChI=1S/C56H63ClF4N8O8/c1-30-44-42(25-40(59)48(57)47(44)46-37(52(62)73)12-13-41(49(46)60)76-28-36(71)27-70)77-56(30,34-6-4-3-5-7-34)29-63-35-10-8-33(9-11-35)54(74)68-21-14-31(15-22-68)26-67-19-16-32(17-20-67)45-39(58)24-38-51(50(45)61)66(2)65-53(38)69-23-18-43(72)64-55(69)75/h3-7,12-13,24-25,30-33,35-36,63,70-71H,8-11,14-23,26-29H2,1-2H3,(H2,62,73)(H,64,72,75). The van der Waals surface area contributed by atoms with Gasteiger partial charge in [0, 0.05) is 92.4 Å². The number of ether oxygens (including phenoxy) is 2. The molecule has 0 radical (unpaired) electrons. The molecule has 3 unspecified atom stereocenters. The molecule has 10 rings (SSSR count). The Balaban J connectivity index is 0.743. The molecule has 5 amide bonds. The highest BCUT2D eigenvalue weighted by Crippen LogP contribution is 2.57. The van der Waals surface area contributed by atoms with Gasteiger partial charge in [-0.3, -0.25) is 29.3 Å². The predicted octanol–water partition coefficient (Wildman–Crippen LogP) is 7.39. The summed E-state index contributed by atoms with van der Waals surface area (Å²) in [6.45, 7) is 4.59. The van der Waals surface area contributed by atoms with Crippen LogP contribution in [-0.2, 0) is 22.2 Å². The van der Waals surface area contributed by atoms with Gasteiger partial charge in [0.2, 0.25) is 17.7 Å². The number of aliphatic hydroxyl groups excluding tert-OH is 2. The number of primary amides is 1. The smallest absolute Gasteiger partial charge is 0.329 e. The van der Waals surface area contributed by atoms with Gasteiger partial charge in [-0.25, -0.2) is 22.4 Å². The van der Waals surface area contributed by atoms with Gasteiger partial charge in [0.15, 0.2) is 28.8 Å². The SMILES string of the molecule is CC1c2c(cc(F)c(Cl)c2-c2c(C(N)=O)ccc(OCC(O)CO)c2F)OC1(CNC1CCC(C(=O)N2CCC(CN3CCC(c4c(F)cc5c(N6CCC(=O)NC6=O)nn(C)c5c4F)CC3)CC2)CC1)c1ccccc1. The second-order valence-electron chi connectivity index (χ2n) is 21.3. The molecule has 5 aromatic rings. The summed E-state index contributed by atoms with van der Waals surface area (Å²) in [5.41, 5.74) is 5.08. The largest absolute Gasteiger partial charge is 0.488 e. The van der Waals surface area contributed by atoms with Crippen molar-refractivity contribution in [2.45, 2.75) is 94.3 Å². The number of urea groups is 1. The van der Waals surface area contributed by atoms with Crippen LogP contribution in [0.5, 0.6) is 11.5 Å². The number of aromatic nitrogens is 2. The first kappa shape index (κ1) is 54.1. The molecule has 4 fully saturated rings. The minimum Gasteiger partial charge on any atom is -0.488 e. The first-order valence-electron chi connectivity index (χ1n) is 26.5. The topological polar surface area (TPSA) is 205 Å². The van der Waals surface area contributed by atoms with E-state index in [4.69, 9.17) is 26.8 Å². The molecule has 6 N–H and O–H groups in total. The summed E-state index contributed by atoms with van der Waals surface area (Å²) in [5, 5.41) is 29.2. The lowest BCUT2D eigenvalue weighted by Crippen LogP contribution is -2.49. The fraction of sp³-hybridized carbons (Fsp3) is 0.482. The average molecular weight is 1090 g/mol. The lowest BCUT2D eigenvalue weighted by atomic mass is 9.77. The Morgan fingerprint density at radius 2 is 1.64 bits per heavy atom. The molecule has 5 heterocycles. The summed E-state index contributed by atoms with van der Waals surface area (Å²) in [6, 6.07) is 13.5. The van der Waals surface area contributed by atoms with E-state index in [1.54, 1.807) is 7.05 Å². The average Bonchev–Trinajstić information content (AvgIpc) is 4.04. The minimum atomic E-state index is -1.32. The zero-order chi connectivity index (χ0) is 54.4. The molecule has 21 heteroatoms. The third kappa shape index (κ3) is 10.3. The van der Waals surface area contributed by atoms with Crippen LogP contribution in [0.3, 0.4) is 0 Å². The summed E-state index contributed by atoms with van der Waals surface area (Å²) < 4.78 is 78.3. The molecule has 16 nitrogen and oxygen atoms in total. The minimum absolute atomic E-state index is 0.0120. The number of nitrogens with one attached hydrogen (secondary N) is 2. The van der Waals surface area contributed by atoms with Crippen molar-refractivity contribution in [2.24, 2.45) is 24.6 Å². The number of fused-ring (bicyclic) bond motifs is 2. The van der Waals surface area contributed by atoms with Crippen LogP contribution in [0.2, 0.25) is 5.02 Å². The van der Waals surface area contributed by atoms with Crippen LogP contribution in [0.4, 0.5) is 28.2 Å². The van der Waals surface area contributed by atoms with E-state index in [1.807, 2.05) is 42.2 Å². The van der Waals surface area contributed by atoms with E-state index in [0.717, 1.165) is 43.9 Å². The highest BCUT2D eigenvalue weighted by Gasteiger charge is 2.50. The number of hydrogen-bond donors (Lipinski definition) is 5. The summed E-state index contributed by atoms with van der Waals surface area (Å²) in [6.07, 6.45) is 4.41. The molecule has 410 valence electrons. The first-order valence-corrected chi connectivity index (χ1v) is 26.9. The van der Waals surface area contributed by atoms with E-state index < -0.39 is 77.0 Å². The number of carbonyl (C=O) groups is 4. The second kappa shape index (κ2) is 22.2. The molecule has 0 spiro atoms. The fourth-order valence-electron chi connectivity index (χ4n) is 12.5. The van der Waals surface area contributed by atoms with E-state index in [1.165, 1.54) is 27.8 Å². The van der Waals surface area contributed by atoms with Crippen molar-refractivity contribution in [2.75, 3.05) is 63.9 Å². The fourth-order valence-corrected chi connectivity index (χ4v) is 12.7. The summed E-state index contributed by atoms with van der Waals surface area (Å²) >= 11 is 6.73. The van der Waals surface area contributed by atoms with Crippen molar-refractivity contribution in [1.82, 2.24) is 30.2 Å². The molecule has 5 aliphatic rings. The molecule has 0 bridgehead atoms. The van der Waals surface area contributed by atoms with Gasteiger partial charge in [-0.05, 0) is 100 Å². The first-order chi connectivity index (χ1) is 37.0. The molecule has 4 aliphatic heterocycles. The highest BCUT2D eigenvalue weighted by molar-refractivity contribution is 6.34. The number of benzene rings is 4. The zero-order valence-corrected chi connectivity index (χ0v) is 43.7. The number of nitrogens with two attached hydrogens (primary N) is 1. The maximum absolute atomic E-state index is 16.6. The van der Waals surface area contributed by atoms with E-state index >= 15 is 17.6 Å². The Hall–Kier alpha value is -6.32. The number of amides is 5. The number of rotatable bonds is 15. The van der Waals surface area contributed by atoms with Crippen LogP contribution in [0.15, 0.2) is 54.6 Å². The van der Waals surface area contributed by atoms with Crippen LogP contribution in [-0.4, -0.2) is 125 Å². The number of likely N-dealkylation sites (tertiary alicyclic amines) is 2. The van der Waals surface area contributed by atoms with E-state index in [0.29, 0.717) is 63.3 Å². The molecular formula is C56H63ClF4N8O8. The second-order valence-corrected chi connectivity index (χ2v) is 21.7. The van der Waals surface area contributed by atoms with E-state index in [-0.39, 0.29) is 93.8 Å². The van der Waals surface area contributed by atoms with Gasteiger partial charge >= 0.3 is 6.03 Å². The van der Waals surface area contributed by atoms with Gasteiger partial charge in [0.25, 0.3) is 0 Å². The van der Waals surface area contributed by atoms with Crippen LogP contribution in [0.25, 0.3) is 22.0 Å². The maximum atomic E-state index is 16.6. The normalized spacial score (nSPS) is 23.0. The monoisotopic (exact) mass is 1090 g/mol. The molecule has 77 heavy (non-hydrogen) atoms. The quantitative estimate of drug-likeness (QED) is 0.0655. The van der Waals surface area contributed by atoms with E-state index in [9.17, 15) is 29.4 Å². The zero-order valence-electron chi connectivity index (χ0n) is 42.9.